The van der Waals surface area contributed by atoms with Crippen LogP contribution in [0.3, 0.4) is 0 Å². The molecule has 0 bridgehead atoms. The van der Waals surface area contributed by atoms with Gasteiger partial charge < -0.3 is 9.88 Å². The highest BCUT2D eigenvalue weighted by atomic mass is 35.7. The van der Waals surface area contributed by atoms with Gasteiger partial charge in [0.1, 0.15) is 10.6 Å². The molecule has 0 aliphatic heterocycles. The molecule has 0 aromatic carbocycles. The maximum absolute atomic E-state index is 12.0. The number of halogens is 1. The predicted octanol–water partition coefficient (Wildman–Crippen LogP) is 1.87. The minimum absolute atomic E-state index is 0.0586. The van der Waals surface area contributed by atoms with E-state index in [1.807, 2.05) is 6.92 Å². The van der Waals surface area contributed by atoms with Gasteiger partial charge in [0.15, 0.2) is 0 Å². The zero-order valence-corrected chi connectivity index (χ0v) is 12.5. The monoisotopic (exact) mass is 304 g/mol. The van der Waals surface area contributed by atoms with Gasteiger partial charge in [-0.2, -0.15) is 0 Å². The number of nitrogens with one attached hydrogen (secondary N) is 1. The molecule has 5 nitrogen and oxygen atoms in total. The summed E-state index contributed by atoms with van der Waals surface area (Å²) < 4.78 is 23.9. The lowest BCUT2D eigenvalue weighted by Gasteiger charge is -2.13. The van der Waals surface area contributed by atoms with E-state index < -0.39 is 9.05 Å². The summed E-state index contributed by atoms with van der Waals surface area (Å²) in [7, 11) is 3.07. The fourth-order valence-corrected chi connectivity index (χ4v) is 2.89. The second-order valence-corrected chi connectivity index (χ2v) is 7.73. The van der Waals surface area contributed by atoms with Gasteiger partial charge in [-0.25, -0.2) is 8.42 Å². The standard InChI is InChI=1S/C12H17ClN2O3S/c1-8(5-9-3-4-9)14-12(16)11-6-10(7-15(11)2)19(13,17)18/h6-9H,3-5H2,1-2H3,(H,14,16). The third-order valence-electron chi connectivity index (χ3n) is 3.26. The van der Waals surface area contributed by atoms with E-state index in [4.69, 9.17) is 10.7 Å². The van der Waals surface area contributed by atoms with Crippen LogP contribution in [0, 0.1) is 5.92 Å². The molecule has 0 saturated heterocycles. The van der Waals surface area contributed by atoms with Gasteiger partial charge in [0.2, 0.25) is 0 Å². The first-order valence-corrected chi connectivity index (χ1v) is 8.50. The number of amides is 1. The smallest absolute Gasteiger partial charge is 0.268 e. The molecule has 1 atom stereocenters. The average molecular weight is 305 g/mol. The van der Waals surface area contributed by atoms with E-state index in [1.165, 1.54) is 29.7 Å². The van der Waals surface area contributed by atoms with Crippen LogP contribution in [-0.2, 0) is 16.1 Å². The van der Waals surface area contributed by atoms with Crippen molar-refractivity contribution in [3.05, 3.63) is 18.0 Å². The van der Waals surface area contributed by atoms with E-state index in [-0.39, 0.29) is 16.8 Å². The van der Waals surface area contributed by atoms with Crippen LogP contribution < -0.4 is 5.32 Å². The van der Waals surface area contributed by atoms with Crippen LogP contribution in [-0.4, -0.2) is 24.9 Å². The Hall–Kier alpha value is -1.01. The minimum atomic E-state index is -3.80. The van der Waals surface area contributed by atoms with Gasteiger partial charge in [-0.05, 0) is 25.3 Å². The average Bonchev–Trinajstić information content (AvgIpc) is 2.96. The van der Waals surface area contributed by atoms with Crippen molar-refractivity contribution in [3.8, 4) is 0 Å². The molecule has 1 unspecified atom stereocenters. The van der Waals surface area contributed by atoms with Crippen molar-refractivity contribution in [3.63, 3.8) is 0 Å². The molecule has 1 aromatic rings. The molecule has 1 aliphatic carbocycles. The lowest BCUT2D eigenvalue weighted by atomic mass is 10.1. The highest BCUT2D eigenvalue weighted by Crippen LogP contribution is 2.33. The normalized spacial score (nSPS) is 17.2. The summed E-state index contributed by atoms with van der Waals surface area (Å²) in [5.74, 6) is 0.449. The Balaban J connectivity index is 2.08. The molecule has 1 aromatic heterocycles. The molecular weight excluding hydrogens is 288 g/mol. The highest BCUT2D eigenvalue weighted by molar-refractivity contribution is 8.13. The van der Waals surface area contributed by atoms with Crippen molar-refractivity contribution in [1.82, 2.24) is 9.88 Å². The van der Waals surface area contributed by atoms with E-state index >= 15 is 0 Å². The van der Waals surface area contributed by atoms with Crippen LogP contribution in [0.5, 0.6) is 0 Å². The summed E-state index contributed by atoms with van der Waals surface area (Å²) >= 11 is 0. The SMILES string of the molecule is CC(CC1CC1)NC(=O)c1cc(S(=O)(=O)Cl)cn1C. The molecular formula is C12H17ClN2O3S. The summed E-state index contributed by atoms with van der Waals surface area (Å²) in [5, 5.41) is 2.88. The first kappa shape index (κ1) is 14.4. The van der Waals surface area contributed by atoms with Crippen molar-refractivity contribution >= 4 is 25.6 Å². The minimum Gasteiger partial charge on any atom is -0.348 e. The van der Waals surface area contributed by atoms with E-state index in [9.17, 15) is 13.2 Å². The quantitative estimate of drug-likeness (QED) is 0.844. The summed E-state index contributed by atoms with van der Waals surface area (Å²) in [6.45, 7) is 1.96. The van der Waals surface area contributed by atoms with Gasteiger partial charge in [0, 0.05) is 30.0 Å². The third kappa shape index (κ3) is 3.73. The van der Waals surface area contributed by atoms with E-state index in [1.54, 1.807) is 7.05 Å². The van der Waals surface area contributed by atoms with Crippen LogP contribution in [0.2, 0.25) is 0 Å². The van der Waals surface area contributed by atoms with E-state index in [0.717, 1.165) is 12.3 Å². The van der Waals surface area contributed by atoms with Crippen molar-refractivity contribution in [2.45, 2.75) is 37.1 Å². The topological polar surface area (TPSA) is 68.2 Å². The van der Waals surface area contributed by atoms with Crippen LogP contribution in [0.15, 0.2) is 17.2 Å². The molecule has 1 N–H and O–H groups in total. The summed E-state index contributed by atoms with van der Waals surface area (Å²) in [6, 6.07) is 1.38. The first-order chi connectivity index (χ1) is 8.77. The van der Waals surface area contributed by atoms with Crippen LogP contribution >= 0.6 is 10.7 Å². The molecule has 19 heavy (non-hydrogen) atoms. The number of aromatic nitrogens is 1. The number of aryl methyl sites for hydroxylation is 1. The number of carbonyl (C=O) groups excluding carboxylic acids is 1. The molecule has 106 valence electrons. The number of nitrogens with zero attached hydrogens (tertiary/aromatic N) is 1. The number of rotatable bonds is 5. The summed E-state index contributed by atoms with van der Waals surface area (Å²) in [5.41, 5.74) is 0.293. The fraction of sp³-hybridized carbons (Fsp3) is 0.583. The van der Waals surface area contributed by atoms with Gasteiger partial charge in [-0.3, -0.25) is 4.79 Å². The number of carbonyl (C=O) groups is 1. The molecule has 7 heteroatoms. The molecule has 0 spiro atoms. The van der Waals surface area contributed by atoms with Gasteiger partial charge in [-0.1, -0.05) is 12.8 Å². The number of hydrogen-bond donors (Lipinski definition) is 1. The molecule has 2 rings (SSSR count). The second kappa shape index (κ2) is 5.17. The lowest BCUT2D eigenvalue weighted by Crippen LogP contribution is -2.33. The Morgan fingerprint density at radius 3 is 2.68 bits per heavy atom. The van der Waals surface area contributed by atoms with Crippen molar-refractivity contribution in [1.29, 1.82) is 0 Å². The fourth-order valence-electron chi connectivity index (χ4n) is 2.10. The largest absolute Gasteiger partial charge is 0.348 e. The maximum Gasteiger partial charge on any atom is 0.268 e. The third-order valence-corrected chi connectivity index (χ3v) is 4.58. The highest BCUT2D eigenvalue weighted by Gasteiger charge is 2.25. The summed E-state index contributed by atoms with van der Waals surface area (Å²) in [6.07, 6.45) is 4.78. The molecule has 1 heterocycles. The Labute approximate surface area is 117 Å². The maximum atomic E-state index is 12.0. The zero-order valence-electron chi connectivity index (χ0n) is 10.9. The second-order valence-electron chi connectivity index (χ2n) is 5.16. The van der Waals surface area contributed by atoms with Crippen LogP contribution in [0.1, 0.15) is 36.7 Å². The van der Waals surface area contributed by atoms with Gasteiger partial charge >= 0.3 is 0 Å². The summed E-state index contributed by atoms with van der Waals surface area (Å²) in [4.78, 5) is 12.0. The molecule has 1 saturated carbocycles. The Morgan fingerprint density at radius 1 is 1.58 bits per heavy atom. The van der Waals surface area contributed by atoms with E-state index in [2.05, 4.69) is 5.32 Å². The molecule has 0 radical (unpaired) electrons. The van der Waals surface area contributed by atoms with E-state index in [0.29, 0.717) is 5.69 Å². The number of hydrogen-bond acceptors (Lipinski definition) is 3. The molecule has 1 fully saturated rings. The van der Waals surface area contributed by atoms with Crippen molar-refractivity contribution in [2.24, 2.45) is 13.0 Å². The predicted molar refractivity (Wildman–Crippen MR) is 72.7 cm³/mol. The first-order valence-electron chi connectivity index (χ1n) is 6.19. The van der Waals surface area contributed by atoms with Gasteiger partial charge in [0.25, 0.3) is 15.0 Å². The van der Waals surface area contributed by atoms with Crippen LogP contribution in [0.25, 0.3) is 0 Å². The van der Waals surface area contributed by atoms with Crippen LogP contribution in [0.4, 0.5) is 0 Å². The van der Waals surface area contributed by atoms with Crippen molar-refractivity contribution < 1.29 is 13.2 Å². The van der Waals surface area contributed by atoms with Gasteiger partial charge in [-0.15, -0.1) is 0 Å². The molecule has 1 amide bonds. The lowest BCUT2D eigenvalue weighted by molar-refractivity contribution is 0.0929. The zero-order chi connectivity index (χ0) is 14.2. The molecule has 1 aliphatic rings. The van der Waals surface area contributed by atoms with Gasteiger partial charge in [0.05, 0.1) is 0 Å². The van der Waals surface area contributed by atoms with Crippen molar-refractivity contribution in [2.75, 3.05) is 0 Å². The Bertz CT molecular complexity index is 590. The Morgan fingerprint density at radius 2 is 2.21 bits per heavy atom. The Kier molecular flexibility index (Phi) is 3.92.